The second-order valence-electron chi connectivity index (χ2n) is 8.70. The van der Waals surface area contributed by atoms with E-state index in [-0.39, 0.29) is 17.4 Å². The van der Waals surface area contributed by atoms with Gasteiger partial charge in [0.15, 0.2) is 0 Å². The predicted octanol–water partition coefficient (Wildman–Crippen LogP) is 3.63. The highest BCUT2D eigenvalue weighted by molar-refractivity contribution is 5.97. The van der Waals surface area contributed by atoms with Crippen LogP contribution in [-0.2, 0) is 6.42 Å². The highest BCUT2D eigenvalue weighted by atomic mass is 16.3. The van der Waals surface area contributed by atoms with Crippen molar-refractivity contribution in [3.05, 3.63) is 69.8 Å². The molecule has 6 heteroatoms. The van der Waals surface area contributed by atoms with E-state index in [0.717, 1.165) is 54.6 Å². The second kappa shape index (κ2) is 7.85. The van der Waals surface area contributed by atoms with E-state index >= 15 is 0 Å². The van der Waals surface area contributed by atoms with Crippen molar-refractivity contribution in [1.29, 1.82) is 0 Å². The number of aliphatic hydroxyl groups excluding tert-OH is 1. The van der Waals surface area contributed by atoms with Gasteiger partial charge in [-0.1, -0.05) is 37.1 Å². The van der Waals surface area contributed by atoms with E-state index in [1.807, 2.05) is 25.2 Å². The molecule has 2 aromatic carbocycles. The van der Waals surface area contributed by atoms with E-state index in [1.54, 1.807) is 23.0 Å². The van der Waals surface area contributed by atoms with Gasteiger partial charge in [0.05, 0.1) is 29.5 Å². The van der Waals surface area contributed by atoms with E-state index in [0.29, 0.717) is 17.3 Å². The first-order chi connectivity index (χ1) is 15.0. The van der Waals surface area contributed by atoms with Crippen molar-refractivity contribution in [3.63, 3.8) is 0 Å². The van der Waals surface area contributed by atoms with Crippen molar-refractivity contribution in [2.75, 3.05) is 18.5 Å². The Morgan fingerprint density at radius 1 is 1.16 bits per heavy atom. The number of hydrogen-bond donors (Lipinski definition) is 2. The Balaban J connectivity index is 1.69. The zero-order valence-corrected chi connectivity index (χ0v) is 17.7. The molecule has 31 heavy (non-hydrogen) atoms. The maximum absolute atomic E-state index is 13.6. The van der Waals surface area contributed by atoms with Crippen molar-refractivity contribution in [1.82, 2.24) is 9.55 Å². The van der Waals surface area contributed by atoms with Gasteiger partial charge >= 0.3 is 0 Å². The summed E-state index contributed by atoms with van der Waals surface area (Å²) in [5.41, 5.74) is 4.79. The monoisotopic (exact) mass is 417 g/mol. The van der Waals surface area contributed by atoms with E-state index in [2.05, 4.69) is 17.1 Å². The zero-order valence-electron chi connectivity index (χ0n) is 17.7. The number of likely N-dealkylation sites (N-methyl/N-ethyl adjacent to an activating group) is 1. The predicted molar refractivity (Wildman–Crippen MR) is 123 cm³/mol. The molecule has 5 rings (SSSR count). The van der Waals surface area contributed by atoms with Gasteiger partial charge in [0, 0.05) is 19.2 Å². The Labute approximate surface area is 181 Å². The molecule has 0 amide bonds. The molecule has 0 spiro atoms. The SMILES string of the molecule is CN1CC=Cc2c(Cc3ccc(O)cc3)cc3c(=O)n([C@H]4CCCC[C@@H]4O)cnc3c21. The van der Waals surface area contributed by atoms with E-state index in [9.17, 15) is 15.0 Å². The van der Waals surface area contributed by atoms with Crippen LogP contribution in [0, 0.1) is 0 Å². The van der Waals surface area contributed by atoms with Crippen LogP contribution in [-0.4, -0.2) is 39.5 Å². The van der Waals surface area contributed by atoms with Crippen molar-refractivity contribution in [2.24, 2.45) is 0 Å². The van der Waals surface area contributed by atoms with Crippen LogP contribution < -0.4 is 10.5 Å². The summed E-state index contributed by atoms with van der Waals surface area (Å²) in [4.78, 5) is 20.4. The lowest BCUT2D eigenvalue weighted by molar-refractivity contribution is 0.0735. The van der Waals surface area contributed by atoms with Crippen LogP contribution in [0.25, 0.3) is 17.0 Å². The summed E-state index contributed by atoms with van der Waals surface area (Å²) in [6, 6.07) is 8.93. The molecule has 1 aliphatic heterocycles. The minimum atomic E-state index is -0.509. The molecule has 2 heterocycles. The summed E-state index contributed by atoms with van der Waals surface area (Å²) < 4.78 is 1.64. The molecular formula is C25H27N3O3. The second-order valence-corrected chi connectivity index (χ2v) is 8.70. The number of hydrogen-bond acceptors (Lipinski definition) is 5. The fraction of sp³-hybridized carbons (Fsp3) is 0.360. The first-order valence-corrected chi connectivity index (χ1v) is 10.9. The third kappa shape index (κ3) is 3.51. The Morgan fingerprint density at radius 3 is 2.71 bits per heavy atom. The minimum absolute atomic E-state index is 0.0892. The molecule has 0 bridgehead atoms. The van der Waals surface area contributed by atoms with Gasteiger partial charge in [0.25, 0.3) is 5.56 Å². The fourth-order valence-electron chi connectivity index (χ4n) is 4.96. The molecule has 0 saturated heterocycles. The number of phenols is 1. The first-order valence-electron chi connectivity index (χ1n) is 10.9. The highest BCUT2D eigenvalue weighted by Crippen LogP contribution is 2.36. The molecule has 2 N–H and O–H groups in total. The third-order valence-corrected chi connectivity index (χ3v) is 6.60. The number of anilines is 1. The fourth-order valence-corrected chi connectivity index (χ4v) is 4.96. The molecule has 2 aliphatic rings. The molecule has 1 aliphatic carbocycles. The number of aromatic hydroxyl groups is 1. The van der Waals surface area contributed by atoms with Gasteiger partial charge in [0.2, 0.25) is 0 Å². The molecular weight excluding hydrogens is 390 g/mol. The summed E-state index contributed by atoms with van der Waals surface area (Å²) in [5, 5.41) is 20.7. The average Bonchev–Trinajstić information content (AvgIpc) is 2.77. The number of phenolic OH excluding ortho intramolecular Hbond substituents is 1. The van der Waals surface area contributed by atoms with E-state index in [1.165, 1.54) is 0 Å². The zero-order chi connectivity index (χ0) is 21.5. The van der Waals surface area contributed by atoms with Crippen LogP contribution in [0.5, 0.6) is 5.75 Å². The van der Waals surface area contributed by atoms with Crippen molar-refractivity contribution in [2.45, 2.75) is 44.2 Å². The molecule has 1 saturated carbocycles. The standard InChI is InChI=1S/C25H27N3O3/c1-27-12-4-5-19-17(13-16-8-10-18(29)11-9-16)14-20-23(24(19)27)26-15-28(25(20)31)21-6-2-3-7-22(21)30/h4-5,8-11,14-15,21-22,29-30H,2-3,6-7,12-13H2,1H3/t21-,22-/m0/s1. The number of benzene rings is 2. The number of fused-ring (bicyclic) bond motifs is 3. The van der Waals surface area contributed by atoms with Crippen LogP contribution in [0.15, 0.2) is 47.5 Å². The Morgan fingerprint density at radius 2 is 1.94 bits per heavy atom. The summed E-state index contributed by atoms with van der Waals surface area (Å²) in [6.45, 7) is 0.761. The first kappa shape index (κ1) is 19.8. The summed E-state index contributed by atoms with van der Waals surface area (Å²) in [6.07, 6.45) is 9.51. The van der Waals surface area contributed by atoms with Crippen LogP contribution in [0.1, 0.15) is 48.4 Å². The lowest BCUT2D eigenvalue weighted by Gasteiger charge is -2.30. The van der Waals surface area contributed by atoms with Gasteiger partial charge in [0.1, 0.15) is 11.3 Å². The Hall–Kier alpha value is -3.12. The van der Waals surface area contributed by atoms with Crippen molar-refractivity contribution >= 4 is 22.7 Å². The van der Waals surface area contributed by atoms with Gasteiger partial charge in [-0.05, 0) is 48.6 Å². The lowest BCUT2D eigenvalue weighted by atomic mass is 9.91. The molecule has 3 aromatic rings. The van der Waals surface area contributed by atoms with Gasteiger partial charge in [-0.15, -0.1) is 0 Å². The summed E-state index contributed by atoms with van der Waals surface area (Å²) in [5.74, 6) is 0.238. The minimum Gasteiger partial charge on any atom is -0.508 e. The van der Waals surface area contributed by atoms with E-state index in [4.69, 9.17) is 4.98 Å². The Bertz CT molecular complexity index is 1210. The molecule has 1 fully saturated rings. The lowest BCUT2D eigenvalue weighted by Crippen LogP contribution is -2.35. The molecule has 0 radical (unpaired) electrons. The van der Waals surface area contributed by atoms with Crippen LogP contribution in [0.3, 0.4) is 0 Å². The molecule has 1 aromatic heterocycles. The summed E-state index contributed by atoms with van der Waals surface area (Å²) in [7, 11) is 2.02. The quantitative estimate of drug-likeness (QED) is 0.680. The van der Waals surface area contributed by atoms with Gasteiger partial charge in [-0.25, -0.2) is 4.98 Å². The van der Waals surface area contributed by atoms with Crippen molar-refractivity contribution in [3.8, 4) is 5.75 Å². The molecule has 6 nitrogen and oxygen atoms in total. The smallest absolute Gasteiger partial charge is 0.261 e. The molecule has 2 atom stereocenters. The van der Waals surface area contributed by atoms with Crippen LogP contribution >= 0.6 is 0 Å². The average molecular weight is 418 g/mol. The molecule has 0 unspecified atom stereocenters. The maximum atomic E-state index is 13.6. The Kier molecular flexibility index (Phi) is 5.02. The highest BCUT2D eigenvalue weighted by Gasteiger charge is 2.27. The van der Waals surface area contributed by atoms with Gasteiger partial charge in [-0.2, -0.15) is 0 Å². The topological polar surface area (TPSA) is 78.6 Å². The number of aliphatic hydroxyl groups is 1. The largest absolute Gasteiger partial charge is 0.508 e. The number of aromatic nitrogens is 2. The van der Waals surface area contributed by atoms with Gasteiger partial charge in [-0.3, -0.25) is 9.36 Å². The van der Waals surface area contributed by atoms with E-state index < -0.39 is 6.10 Å². The van der Waals surface area contributed by atoms with Gasteiger partial charge < -0.3 is 15.1 Å². The normalized spacial score (nSPS) is 20.8. The number of rotatable bonds is 3. The number of nitrogens with zero attached hydrogens (tertiary/aromatic N) is 3. The van der Waals surface area contributed by atoms with Crippen LogP contribution in [0.2, 0.25) is 0 Å². The maximum Gasteiger partial charge on any atom is 0.261 e. The molecule has 160 valence electrons. The summed E-state index contributed by atoms with van der Waals surface area (Å²) >= 11 is 0. The van der Waals surface area contributed by atoms with Crippen molar-refractivity contribution < 1.29 is 10.2 Å². The van der Waals surface area contributed by atoms with Crippen LogP contribution in [0.4, 0.5) is 5.69 Å². The third-order valence-electron chi connectivity index (χ3n) is 6.60.